The molecule has 0 saturated carbocycles. The fourth-order valence-electron chi connectivity index (χ4n) is 6.02. The van der Waals surface area contributed by atoms with E-state index in [4.69, 9.17) is 10.2 Å². The summed E-state index contributed by atoms with van der Waals surface area (Å²) in [6.45, 7) is 18.2. The Kier molecular flexibility index (Phi) is 9.31. The van der Waals surface area contributed by atoms with E-state index in [1.807, 2.05) is 0 Å². The molecule has 0 aliphatic carbocycles. The van der Waals surface area contributed by atoms with Crippen molar-refractivity contribution in [3.8, 4) is 11.4 Å². The van der Waals surface area contributed by atoms with Gasteiger partial charge < -0.3 is 5.11 Å². The van der Waals surface area contributed by atoms with Crippen LogP contribution in [-0.4, -0.2) is 20.1 Å². The Bertz CT molecular complexity index is 1450. The van der Waals surface area contributed by atoms with Crippen LogP contribution in [0.1, 0.15) is 129 Å². The van der Waals surface area contributed by atoms with Gasteiger partial charge in [-0.25, -0.2) is 0 Å². The number of aromatic nitrogens is 3. The Hall–Kier alpha value is -3.14. The summed E-state index contributed by atoms with van der Waals surface area (Å²) in [5.41, 5.74) is 6.67. The smallest absolute Gasteiger partial charge is 0.146 e. The molecular formula is C37H51N3O. The van der Waals surface area contributed by atoms with Gasteiger partial charge in [0.2, 0.25) is 0 Å². The predicted octanol–water partition coefficient (Wildman–Crippen LogP) is 10.2. The van der Waals surface area contributed by atoms with Gasteiger partial charge in [0.15, 0.2) is 0 Å². The Balaban J connectivity index is 1.82. The normalized spacial score (nSPS) is 12.8. The molecule has 0 amide bonds. The van der Waals surface area contributed by atoms with Gasteiger partial charge in [-0.1, -0.05) is 136 Å². The van der Waals surface area contributed by atoms with Crippen LogP contribution in [0.2, 0.25) is 0 Å². The highest BCUT2D eigenvalue weighted by Crippen LogP contribution is 2.43. The first kappa shape index (κ1) is 30.8. The Morgan fingerprint density at radius 1 is 0.634 bits per heavy atom. The van der Waals surface area contributed by atoms with Crippen LogP contribution >= 0.6 is 0 Å². The first-order valence-electron chi connectivity index (χ1n) is 15.7. The van der Waals surface area contributed by atoms with E-state index < -0.39 is 0 Å². The molecule has 1 heterocycles. The highest BCUT2D eigenvalue weighted by atomic mass is 16.3. The second kappa shape index (κ2) is 12.4. The van der Waals surface area contributed by atoms with Crippen LogP contribution in [-0.2, 0) is 16.2 Å². The van der Waals surface area contributed by atoms with Crippen LogP contribution in [0.15, 0.2) is 60.7 Å². The Labute approximate surface area is 248 Å². The van der Waals surface area contributed by atoms with Crippen LogP contribution in [0.4, 0.5) is 0 Å². The number of fused-ring (bicyclic) bond motifs is 1. The summed E-state index contributed by atoms with van der Waals surface area (Å²) in [5.74, 6) is 0.296. The fourth-order valence-corrected chi connectivity index (χ4v) is 6.02. The summed E-state index contributed by atoms with van der Waals surface area (Å²) in [5, 5.41) is 21.6. The number of benzene rings is 3. The zero-order valence-electron chi connectivity index (χ0n) is 26.7. The van der Waals surface area contributed by atoms with Crippen molar-refractivity contribution in [3.05, 3.63) is 82.9 Å². The zero-order valence-corrected chi connectivity index (χ0v) is 26.7. The highest BCUT2D eigenvalue weighted by molar-refractivity contribution is 5.76. The van der Waals surface area contributed by atoms with E-state index in [-0.39, 0.29) is 16.2 Å². The lowest BCUT2D eigenvalue weighted by atomic mass is 9.74. The lowest BCUT2D eigenvalue weighted by Gasteiger charge is -2.32. The molecule has 4 aromatic rings. The van der Waals surface area contributed by atoms with Crippen molar-refractivity contribution in [1.82, 2.24) is 15.0 Å². The third-order valence-corrected chi connectivity index (χ3v) is 9.22. The van der Waals surface area contributed by atoms with Crippen molar-refractivity contribution in [1.29, 1.82) is 0 Å². The molecule has 4 rings (SSSR count). The molecule has 0 bridgehead atoms. The van der Waals surface area contributed by atoms with Gasteiger partial charge in [0.05, 0.1) is 0 Å². The number of phenolic OH excluding ortho intramolecular Hbond substituents is 1. The van der Waals surface area contributed by atoms with Crippen LogP contribution < -0.4 is 0 Å². The molecule has 41 heavy (non-hydrogen) atoms. The first-order chi connectivity index (χ1) is 19.4. The predicted molar refractivity (Wildman–Crippen MR) is 173 cm³/mol. The van der Waals surface area contributed by atoms with Gasteiger partial charge in [-0.05, 0) is 58.6 Å². The van der Waals surface area contributed by atoms with Crippen molar-refractivity contribution >= 4 is 11.0 Å². The number of nitrogens with zero attached hydrogens (tertiary/aromatic N) is 3. The van der Waals surface area contributed by atoms with Gasteiger partial charge in [-0.2, -0.15) is 0 Å². The topological polar surface area (TPSA) is 50.9 Å². The minimum absolute atomic E-state index is 0.0225. The fraction of sp³-hybridized carbons (Fsp3) is 0.514. The number of rotatable bonds is 13. The van der Waals surface area contributed by atoms with E-state index in [9.17, 15) is 5.11 Å². The number of phenols is 1. The van der Waals surface area contributed by atoms with Crippen molar-refractivity contribution in [3.63, 3.8) is 0 Å². The number of aromatic hydroxyl groups is 1. The molecule has 220 valence electrons. The van der Waals surface area contributed by atoms with Gasteiger partial charge in [0, 0.05) is 11.0 Å². The summed E-state index contributed by atoms with van der Waals surface area (Å²) in [7, 11) is 0. The summed E-state index contributed by atoms with van der Waals surface area (Å²) in [6, 6.07) is 21.3. The van der Waals surface area contributed by atoms with Gasteiger partial charge in [0.1, 0.15) is 22.5 Å². The quantitative estimate of drug-likeness (QED) is 0.168. The van der Waals surface area contributed by atoms with Crippen LogP contribution in [0.25, 0.3) is 16.7 Å². The molecule has 0 radical (unpaired) electrons. The third kappa shape index (κ3) is 6.68. The van der Waals surface area contributed by atoms with Gasteiger partial charge in [0.25, 0.3) is 0 Å². The van der Waals surface area contributed by atoms with Crippen LogP contribution in [0.3, 0.4) is 0 Å². The molecule has 0 unspecified atom stereocenters. The molecule has 0 saturated heterocycles. The SMILES string of the molecule is CCCCCC(C)(C)c1cc(-n2nc3ccc(C(C)(C)c4ccccc4)cc3n2)c(O)c(C(C)(C)CCCCC)c1. The molecule has 0 atom stereocenters. The average molecular weight is 554 g/mol. The maximum absolute atomic E-state index is 11.8. The maximum Gasteiger partial charge on any atom is 0.146 e. The number of hydrogen-bond acceptors (Lipinski definition) is 3. The van der Waals surface area contributed by atoms with E-state index in [1.165, 1.54) is 48.8 Å². The molecule has 3 aromatic carbocycles. The summed E-state index contributed by atoms with van der Waals surface area (Å²) in [4.78, 5) is 1.66. The van der Waals surface area contributed by atoms with Crippen molar-refractivity contribution in [2.24, 2.45) is 0 Å². The van der Waals surface area contributed by atoms with Crippen LogP contribution in [0.5, 0.6) is 5.75 Å². The minimum atomic E-state index is -0.167. The molecule has 1 N–H and O–H groups in total. The second-order valence-corrected chi connectivity index (χ2v) is 13.8. The molecule has 4 heteroatoms. The maximum atomic E-state index is 11.8. The van der Waals surface area contributed by atoms with Crippen LogP contribution in [0, 0.1) is 0 Å². The van der Waals surface area contributed by atoms with Gasteiger partial charge in [-0.15, -0.1) is 15.0 Å². The molecule has 0 aliphatic rings. The standard InChI is InChI=1S/C37H51N3O/c1-9-11-16-22-35(3,4)29-24-30(36(5,6)23-17-12-10-2)34(41)33(26-29)40-38-31-21-20-28(25-32(31)39-40)37(7,8)27-18-14-13-15-19-27/h13-15,18-21,24-26,41H,9-12,16-17,22-23H2,1-8H3. The minimum Gasteiger partial charge on any atom is -0.505 e. The average Bonchev–Trinajstić information content (AvgIpc) is 3.37. The highest BCUT2D eigenvalue weighted by Gasteiger charge is 2.31. The molecule has 4 nitrogen and oxygen atoms in total. The molecule has 0 aliphatic heterocycles. The van der Waals surface area contributed by atoms with E-state index in [2.05, 4.69) is 116 Å². The Morgan fingerprint density at radius 3 is 1.88 bits per heavy atom. The van der Waals surface area contributed by atoms with Crippen molar-refractivity contribution in [2.45, 2.75) is 123 Å². The third-order valence-electron chi connectivity index (χ3n) is 9.22. The summed E-state index contributed by atoms with van der Waals surface area (Å²) >= 11 is 0. The Morgan fingerprint density at radius 2 is 1.24 bits per heavy atom. The molecular weight excluding hydrogens is 502 g/mol. The van der Waals surface area contributed by atoms with Gasteiger partial charge >= 0.3 is 0 Å². The lowest BCUT2D eigenvalue weighted by Crippen LogP contribution is -2.23. The first-order valence-corrected chi connectivity index (χ1v) is 15.7. The van der Waals surface area contributed by atoms with E-state index in [1.54, 1.807) is 4.80 Å². The lowest BCUT2D eigenvalue weighted by molar-refractivity contribution is 0.399. The molecule has 0 spiro atoms. The largest absolute Gasteiger partial charge is 0.505 e. The zero-order chi connectivity index (χ0) is 29.8. The summed E-state index contributed by atoms with van der Waals surface area (Å²) in [6.07, 6.45) is 9.30. The van der Waals surface area contributed by atoms with E-state index >= 15 is 0 Å². The van der Waals surface area contributed by atoms with E-state index in [0.717, 1.165) is 35.9 Å². The van der Waals surface area contributed by atoms with Crippen molar-refractivity contribution < 1.29 is 5.11 Å². The second-order valence-electron chi connectivity index (χ2n) is 13.8. The van der Waals surface area contributed by atoms with Gasteiger partial charge in [-0.3, -0.25) is 0 Å². The molecule has 1 aromatic heterocycles. The van der Waals surface area contributed by atoms with Crippen molar-refractivity contribution in [2.75, 3.05) is 0 Å². The summed E-state index contributed by atoms with van der Waals surface area (Å²) < 4.78 is 0. The number of hydrogen-bond donors (Lipinski definition) is 1. The van der Waals surface area contributed by atoms with E-state index in [0.29, 0.717) is 11.4 Å². The number of unbranched alkanes of at least 4 members (excludes halogenated alkanes) is 4. The molecule has 0 fully saturated rings. The monoisotopic (exact) mass is 553 g/mol.